The Morgan fingerprint density at radius 2 is 2.22 bits per heavy atom. The fourth-order valence-electron chi connectivity index (χ4n) is 1.93. The third kappa shape index (κ3) is 1.48. The van der Waals surface area contributed by atoms with E-state index >= 15 is 0 Å². The molecule has 0 aliphatic rings. The third-order valence-electron chi connectivity index (χ3n) is 3.04. The van der Waals surface area contributed by atoms with Crippen molar-refractivity contribution in [3.05, 3.63) is 47.9 Å². The zero-order valence-electron chi connectivity index (χ0n) is 9.84. The zero-order valence-corrected chi connectivity index (χ0v) is 9.84. The molecule has 0 aliphatic carbocycles. The summed E-state index contributed by atoms with van der Waals surface area (Å²) in [5.74, 6) is -0.180. The summed E-state index contributed by atoms with van der Waals surface area (Å²) in [6.45, 7) is 1.77. The van der Waals surface area contributed by atoms with Crippen molar-refractivity contribution in [3.8, 4) is 0 Å². The maximum Gasteiger partial charge on any atom is 0.278 e. The third-order valence-corrected chi connectivity index (χ3v) is 3.04. The molecule has 2 heterocycles. The van der Waals surface area contributed by atoms with E-state index in [1.54, 1.807) is 13.0 Å². The van der Waals surface area contributed by atoms with E-state index in [2.05, 4.69) is 10.1 Å². The number of carbonyl (C=O) groups excluding carboxylic acids is 1. The van der Waals surface area contributed by atoms with Crippen LogP contribution in [-0.2, 0) is 0 Å². The first-order valence-corrected chi connectivity index (χ1v) is 5.59. The van der Waals surface area contributed by atoms with Crippen LogP contribution in [0, 0.1) is 6.92 Å². The van der Waals surface area contributed by atoms with Gasteiger partial charge in [-0.2, -0.15) is 9.78 Å². The van der Waals surface area contributed by atoms with Crippen LogP contribution >= 0.6 is 0 Å². The largest absolute Gasteiger partial charge is 0.396 e. The summed E-state index contributed by atoms with van der Waals surface area (Å²) in [6.07, 6.45) is 3.33. The molecule has 0 amide bonds. The van der Waals surface area contributed by atoms with Crippen LogP contribution in [0.15, 0.2) is 36.7 Å². The molecule has 5 heteroatoms. The maximum absolute atomic E-state index is 12.3. The maximum atomic E-state index is 12.3. The Kier molecular flexibility index (Phi) is 2.19. The van der Waals surface area contributed by atoms with Crippen molar-refractivity contribution in [2.45, 2.75) is 6.92 Å². The number of hydrogen-bond acceptors (Lipinski definition) is 3. The number of fused-ring (bicyclic) bond motifs is 1. The molecule has 0 fully saturated rings. The Morgan fingerprint density at radius 1 is 1.39 bits per heavy atom. The van der Waals surface area contributed by atoms with Crippen molar-refractivity contribution in [1.82, 2.24) is 14.8 Å². The highest BCUT2D eigenvalue weighted by atomic mass is 16.2. The monoisotopic (exact) mass is 240 g/mol. The number of aromatic nitrogens is 3. The Bertz CT molecular complexity index is 738. The summed E-state index contributed by atoms with van der Waals surface area (Å²) in [6, 6.07) is 7.47. The first kappa shape index (κ1) is 10.6. The van der Waals surface area contributed by atoms with Crippen molar-refractivity contribution < 1.29 is 4.79 Å². The minimum Gasteiger partial charge on any atom is -0.396 e. The van der Waals surface area contributed by atoms with E-state index in [9.17, 15) is 4.79 Å². The van der Waals surface area contributed by atoms with Crippen LogP contribution in [-0.4, -0.2) is 20.7 Å². The number of carbonyl (C=O) groups is 1. The minimum absolute atomic E-state index is 0.180. The number of nitrogens with one attached hydrogen (secondary N) is 1. The van der Waals surface area contributed by atoms with Crippen LogP contribution in [0.25, 0.3) is 10.9 Å². The van der Waals surface area contributed by atoms with E-state index in [-0.39, 0.29) is 5.91 Å². The lowest BCUT2D eigenvalue weighted by molar-refractivity contribution is 0.0943. The van der Waals surface area contributed by atoms with Gasteiger partial charge in [0.25, 0.3) is 5.91 Å². The lowest BCUT2D eigenvalue weighted by atomic mass is 10.1. The number of nitrogens with two attached hydrogens (primary N) is 1. The molecule has 0 aliphatic heterocycles. The minimum atomic E-state index is -0.180. The molecule has 0 saturated carbocycles. The average Bonchev–Trinajstić information content (AvgIpc) is 2.96. The highest BCUT2D eigenvalue weighted by Crippen LogP contribution is 2.16. The van der Waals surface area contributed by atoms with Gasteiger partial charge in [-0.05, 0) is 30.5 Å². The highest BCUT2D eigenvalue weighted by Gasteiger charge is 2.14. The standard InChI is InChI=1S/C13H12N4O/c1-8-11(14)7-16-17(8)13(18)10-3-2-9-4-5-15-12(9)6-10/h2-7,15H,14H2,1H3. The van der Waals surface area contributed by atoms with Crippen LogP contribution < -0.4 is 5.73 Å². The summed E-state index contributed by atoms with van der Waals surface area (Å²) in [5.41, 5.74) is 8.37. The molecular formula is C13H12N4O. The second-order valence-corrected chi connectivity index (χ2v) is 4.18. The van der Waals surface area contributed by atoms with Crippen molar-refractivity contribution in [2.75, 3.05) is 5.73 Å². The number of nitrogens with zero attached hydrogens (tertiary/aromatic N) is 2. The quantitative estimate of drug-likeness (QED) is 0.682. The second kappa shape index (κ2) is 3.73. The number of benzene rings is 1. The molecule has 0 spiro atoms. The van der Waals surface area contributed by atoms with Gasteiger partial charge in [0, 0.05) is 17.3 Å². The first-order valence-electron chi connectivity index (χ1n) is 5.59. The lowest BCUT2D eigenvalue weighted by Gasteiger charge is -2.03. The molecule has 0 bridgehead atoms. The number of hydrogen-bond donors (Lipinski definition) is 2. The zero-order chi connectivity index (χ0) is 12.7. The van der Waals surface area contributed by atoms with Gasteiger partial charge >= 0.3 is 0 Å². The summed E-state index contributed by atoms with van der Waals surface area (Å²) >= 11 is 0. The van der Waals surface area contributed by atoms with Gasteiger partial charge in [0.15, 0.2) is 0 Å². The van der Waals surface area contributed by atoms with Crippen molar-refractivity contribution in [1.29, 1.82) is 0 Å². The predicted octanol–water partition coefficient (Wildman–Crippen LogP) is 1.94. The number of rotatable bonds is 1. The molecule has 2 aromatic heterocycles. The Balaban J connectivity index is 2.08. The van der Waals surface area contributed by atoms with Gasteiger partial charge in [0.1, 0.15) is 0 Å². The van der Waals surface area contributed by atoms with Gasteiger partial charge in [-0.3, -0.25) is 4.79 Å². The molecule has 3 aromatic rings. The summed E-state index contributed by atoms with van der Waals surface area (Å²) in [5, 5.41) is 5.06. The van der Waals surface area contributed by atoms with E-state index < -0.39 is 0 Å². The number of anilines is 1. The summed E-state index contributed by atoms with van der Waals surface area (Å²) in [7, 11) is 0. The van der Waals surface area contributed by atoms with Crippen LogP contribution in [0.1, 0.15) is 16.1 Å². The van der Waals surface area contributed by atoms with Gasteiger partial charge < -0.3 is 10.7 Å². The Morgan fingerprint density at radius 3 is 2.94 bits per heavy atom. The van der Waals surface area contributed by atoms with Gasteiger partial charge in [-0.25, -0.2) is 0 Å². The highest BCUT2D eigenvalue weighted by molar-refractivity contribution is 5.99. The van der Waals surface area contributed by atoms with Gasteiger partial charge in [-0.1, -0.05) is 6.07 Å². The number of H-pyrrole nitrogens is 1. The number of aromatic amines is 1. The topological polar surface area (TPSA) is 76.7 Å². The van der Waals surface area contributed by atoms with Crippen molar-refractivity contribution >= 4 is 22.5 Å². The smallest absolute Gasteiger partial charge is 0.278 e. The van der Waals surface area contributed by atoms with E-state index in [0.29, 0.717) is 16.9 Å². The Hall–Kier alpha value is -2.56. The first-order chi connectivity index (χ1) is 8.66. The fourth-order valence-corrected chi connectivity index (χ4v) is 1.93. The van der Waals surface area contributed by atoms with Gasteiger partial charge in [0.05, 0.1) is 17.6 Å². The molecule has 3 N–H and O–H groups in total. The van der Waals surface area contributed by atoms with E-state index in [4.69, 9.17) is 5.73 Å². The molecule has 0 saturated heterocycles. The second-order valence-electron chi connectivity index (χ2n) is 4.18. The van der Waals surface area contributed by atoms with Crippen molar-refractivity contribution in [3.63, 3.8) is 0 Å². The molecule has 90 valence electrons. The molecule has 5 nitrogen and oxygen atoms in total. The summed E-state index contributed by atoms with van der Waals surface area (Å²) in [4.78, 5) is 15.4. The van der Waals surface area contributed by atoms with Crippen LogP contribution in [0.3, 0.4) is 0 Å². The lowest BCUT2D eigenvalue weighted by Crippen LogP contribution is -2.15. The van der Waals surface area contributed by atoms with Gasteiger partial charge in [0.2, 0.25) is 0 Å². The summed E-state index contributed by atoms with van der Waals surface area (Å²) < 4.78 is 1.32. The molecule has 0 unspecified atom stereocenters. The SMILES string of the molecule is Cc1c(N)cnn1C(=O)c1ccc2cc[nH]c2c1. The molecule has 0 atom stereocenters. The average molecular weight is 240 g/mol. The van der Waals surface area contributed by atoms with E-state index in [1.165, 1.54) is 10.9 Å². The van der Waals surface area contributed by atoms with Gasteiger partial charge in [-0.15, -0.1) is 0 Å². The number of nitrogen functional groups attached to an aromatic ring is 1. The van der Waals surface area contributed by atoms with Crippen LogP contribution in [0.2, 0.25) is 0 Å². The van der Waals surface area contributed by atoms with Crippen LogP contribution in [0.4, 0.5) is 5.69 Å². The molecule has 18 heavy (non-hydrogen) atoms. The molecule has 3 rings (SSSR count). The Labute approximate surface area is 103 Å². The van der Waals surface area contributed by atoms with Crippen molar-refractivity contribution in [2.24, 2.45) is 0 Å². The van der Waals surface area contributed by atoms with E-state index in [0.717, 1.165) is 10.9 Å². The predicted molar refractivity (Wildman–Crippen MR) is 69.4 cm³/mol. The molecular weight excluding hydrogens is 228 g/mol. The molecule has 0 radical (unpaired) electrons. The molecule has 1 aromatic carbocycles. The van der Waals surface area contributed by atoms with E-state index in [1.807, 2.05) is 24.4 Å². The fraction of sp³-hybridized carbons (Fsp3) is 0.0769. The normalized spacial score (nSPS) is 10.9. The van der Waals surface area contributed by atoms with Crippen LogP contribution in [0.5, 0.6) is 0 Å².